The Kier molecular flexibility index (Phi) is 4.05. The summed E-state index contributed by atoms with van der Waals surface area (Å²) in [6, 6.07) is 6.50. The minimum atomic E-state index is -0.662. The van der Waals surface area contributed by atoms with Gasteiger partial charge in [0, 0.05) is 13.0 Å². The van der Waals surface area contributed by atoms with Crippen molar-refractivity contribution in [3.63, 3.8) is 0 Å². The molecule has 4 N–H and O–H groups in total. The first kappa shape index (κ1) is 15.5. The molecule has 0 saturated carbocycles. The number of primary amides is 1. The summed E-state index contributed by atoms with van der Waals surface area (Å²) >= 11 is 0. The van der Waals surface area contributed by atoms with Gasteiger partial charge in [-0.15, -0.1) is 0 Å². The highest BCUT2D eigenvalue weighted by Crippen LogP contribution is 2.26. The van der Waals surface area contributed by atoms with Crippen molar-refractivity contribution >= 4 is 11.8 Å². The van der Waals surface area contributed by atoms with Crippen LogP contribution in [-0.4, -0.2) is 28.8 Å². The maximum atomic E-state index is 12.7. The Bertz CT molecular complexity index is 563. The molecule has 0 spiro atoms. The number of hydrogen-bond donors (Lipinski definition) is 2. The van der Waals surface area contributed by atoms with E-state index in [1.165, 1.54) is 4.90 Å². The molecule has 1 aliphatic heterocycles. The molecular formula is C16H23N3O2. The third kappa shape index (κ3) is 3.08. The summed E-state index contributed by atoms with van der Waals surface area (Å²) in [5.41, 5.74) is 13.3. The van der Waals surface area contributed by atoms with Crippen LogP contribution in [0.15, 0.2) is 24.3 Å². The lowest BCUT2D eigenvalue weighted by atomic mass is 9.85. The molecule has 1 heterocycles. The molecule has 5 heteroatoms. The number of carbonyl (C=O) groups excluding carboxylic acids is 2. The molecule has 21 heavy (non-hydrogen) atoms. The SMILES string of the molecule is CC(C)(C)C(N)C(=O)N1Cc2ccccc2C[C@H]1C(N)=O. The fourth-order valence-corrected chi connectivity index (χ4v) is 2.56. The van der Waals surface area contributed by atoms with Gasteiger partial charge < -0.3 is 16.4 Å². The van der Waals surface area contributed by atoms with Crippen LogP contribution in [0.4, 0.5) is 0 Å². The van der Waals surface area contributed by atoms with Crippen LogP contribution in [-0.2, 0) is 22.6 Å². The first-order chi connectivity index (χ1) is 9.71. The van der Waals surface area contributed by atoms with Crippen molar-refractivity contribution in [3.05, 3.63) is 35.4 Å². The summed E-state index contributed by atoms with van der Waals surface area (Å²) in [5, 5.41) is 0. The summed E-state index contributed by atoms with van der Waals surface area (Å²) in [7, 11) is 0. The van der Waals surface area contributed by atoms with E-state index >= 15 is 0 Å². The number of rotatable bonds is 2. The molecule has 0 aliphatic carbocycles. The molecule has 1 unspecified atom stereocenters. The van der Waals surface area contributed by atoms with Crippen molar-refractivity contribution in [1.29, 1.82) is 0 Å². The van der Waals surface area contributed by atoms with Crippen molar-refractivity contribution in [3.8, 4) is 0 Å². The van der Waals surface area contributed by atoms with E-state index in [-0.39, 0.29) is 11.3 Å². The summed E-state index contributed by atoms with van der Waals surface area (Å²) < 4.78 is 0. The number of nitrogens with two attached hydrogens (primary N) is 2. The monoisotopic (exact) mass is 289 g/mol. The number of hydrogen-bond acceptors (Lipinski definition) is 3. The third-order valence-corrected chi connectivity index (χ3v) is 4.06. The molecule has 0 bridgehead atoms. The van der Waals surface area contributed by atoms with Crippen LogP contribution in [0.2, 0.25) is 0 Å². The van der Waals surface area contributed by atoms with E-state index in [9.17, 15) is 9.59 Å². The van der Waals surface area contributed by atoms with Crippen molar-refractivity contribution in [2.75, 3.05) is 0 Å². The van der Waals surface area contributed by atoms with Crippen molar-refractivity contribution in [1.82, 2.24) is 4.90 Å². The minimum absolute atomic E-state index is 0.221. The number of nitrogens with zero attached hydrogens (tertiary/aromatic N) is 1. The van der Waals surface area contributed by atoms with Gasteiger partial charge in [-0.2, -0.15) is 0 Å². The zero-order valence-electron chi connectivity index (χ0n) is 12.8. The number of amides is 2. The molecule has 0 radical (unpaired) electrons. The second-order valence-corrected chi connectivity index (χ2v) is 6.70. The third-order valence-electron chi connectivity index (χ3n) is 4.06. The Morgan fingerprint density at radius 1 is 1.24 bits per heavy atom. The van der Waals surface area contributed by atoms with Gasteiger partial charge in [-0.05, 0) is 16.5 Å². The zero-order valence-corrected chi connectivity index (χ0v) is 12.8. The van der Waals surface area contributed by atoms with Crippen LogP contribution in [0.25, 0.3) is 0 Å². The summed E-state index contributed by atoms with van der Waals surface area (Å²) in [6.45, 7) is 6.11. The largest absolute Gasteiger partial charge is 0.368 e. The molecule has 1 aliphatic rings. The highest BCUT2D eigenvalue weighted by atomic mass is 16.2. The molecule has 0 fully saturated rings. The van der Waals surface area contributed by atoms with Gasteiger partial charge in [0.25, 0.3) is 0 Å². The maximum absolute atomic E-state index is 12.7. The standard InChI is InChI=1S/C16H23N3O2/c1-16(2,3)13(17)15(21)19-9-11-7-5-4-6-10(11)8-12(19)14(18)20/h4-7,12-13H,8-9,17H2,1-3H3,(H2,18,20)/t12-,13?/m0/s1. The summed E-state index contributed by atoms with van der Waals surface area (Å²) in [6.07, 6.45) is 0.452. The zero-order chi connectivity index (χ0) is 15.8. The average Bonchev–Trinajstić information content (AvgIpc) is 2.43. The van der Waals surface area contributed by atoms with Gasteiger partial charge in [0.1, 0.15) is 6.04 Å². The van der Waals surface area contributed by atoms with Crippen molar-refractivity contribution in [2.45, 2.75) is 45.8 Å². The molecule has 114 valence electrons. The van der Waals surface area contributed by atoms with E-state index in [0.29, 0.717) is 13.0 Å². The van der Waals surface area contributed by atoms with E-state index in [1.54, 1.807) is 0 Å². The smallest absolute Gasteiger partial charge is 0.241 e. The predicted molar refractivity (Wildman–Crippen MR) is 81.1 cm³/mol. The molecule has 0 saturated heterocycles. The van der Waals surface area contributed by atoms with Crippen molar-refractivity contribution < 1.29 is 9.59 Å². The Labute approximate surface area is 125 Å². The first-order valence-electron chi connectivity index (χ1n) is 7.14. The van der Waals surface area contributed by atoms with Crippen LogP contribution in [0.5, 0.6) is 0 Å². The molecule has 1 aromatic rings. The van der Waals surface area contributed by atoms with Crippen LogP contribution < -0.4 is 11.5 Å². The Morgan fingerprint density at radius 3 is 2.33 bits per heavy atom. The van der Waals surface area contributed by atoms with Crippen LogP contribution in [0, 0.1) is 5.41 Å². The predicted octanol–water partition coefficient (Wildman–Crippen LogP) is 0.799. The lowest BCUT2D eigenvalue weighted by molar-refractivity contribution is -0.143. The van der Waals surface area contributed by atoms with Crippen LogP contribution >= 0.6 is 0 Å². The van der Waals surface area contributed by atoms with Gasteiger partial charge in [0.15, 0.2) is 0 Å². The quantitative estimate of drug-likeness (QED) is 0.844. The highest BCUT2D eigenvalue weighted by Gasteiger charge is 2.38. The van der Waals surface area contributed by atoms with Crippen LogP contribution in [0.1, 0.15) is 31.9 Å². The number of carbonyl (C=O) groups is 2. The molecule has 0 aromatic heterocycles. The fourth-order valence-electron chi connectivity index (χ4n) is 2.56. The molecule has 2 rings (SSSR count). The Balaban J connectivity index is 2.33. The highest BCUT2D eigenvalue weighted by molar-refractivity contribution is 5.90. The topological polar surface area (TPSA) is 89.4 Å². The summed E-state index contributed by atoms with van der Waals surface area (Å²) in [5.74, 6) is -0.709. The lowest BCUT2D eigenvalue weighted by Crippen LogP contribution is -2.58. The molecular weight excluding hydrogens is 266 g/mol. The normalized spacial score (nSPS) is 19.8. The van der Waals surface area contributed by atoms with Gasteiger partial charge in [-0.1, -0.05) is 45.0 Å². The van der Waals surface area contributed by atoms with E-state index < -0.39 is 18.0 Å². The Hall–Kier alpha value is -1.88. The van der Waals surface area contributed by atoms with E-state index in [1.807, 2.05) is 45.0 Å². The second kappa shape index (κ2) is 5.48. The van der Waals surface area contributed by atoms with Gasteiger partial charge >= 0.3 is 0 Å². The fraction of sp³-hybridized carbons (Fsp3) is 0.500. The van der Waals surface area contributed by atoms with Gasteiger partial charge in [0.2, 0.25) is 11.8 Å². The Morgan fingerprint density at radius 2 is 1.81 bits per heavy atom. The second-order valence-electron chi connectivity index (χ2n) is 6.70. The molecule has 2 atom stereocenters. The van der Waals surface area contributed by atoms with Gasteiger partial charge in [-0.25, -0.2) is 0 Å². The first-order valence-corrected chi connectivity index (χ1v) is 7.14. The van der Waals surface area contributed by atoms with Crippen molar-refractivity contribution in [2.24, 2.45) is 16.9 Å². The van der Waals surface area contributed by atoms with E-state index in [0.717, 1.165) is 11.1 Å². The minimum Gasteiger partial charge on any atom is -0.368 e. The lowest BCUT2D eigenvalue weighted by Gasteiger charge is -2.39. The number of fused-ring (bicyclic) bond motifs is 1. The molecule has 2 amide bonds. The van der Waals surface area contributed by atoms with Crippen LogP contribution in [0.3, 0.4) is 0 Å². The maximum Gasteiger partial charge on any atom is 0.241 e. The molecule has 1 aromatic carbocycles. The molecule has 5 nitrogen and oxygen atoms in total. The van der Waals surface area contributed by atoms with Gasteiger partial charge in [0.05, 0.1) is 6.04 Å². The average molecular weight is 289 g/mol. The summed E-state index contributed by atoms with van der Waals surface area (Å²) in [4.78, 5) is 25.9. The van der Waals surface area contributed by atoms with E-state index in [2.05, 4.69) is 0 Å². The number of benzene rings is 1. The van der Waals surface area contributed by atoms with Gasteiger partial charge in [-0.3, -0.25) is 9.59 Å². The van der Waals surface area contributed by atoms with E-state index in [4.69, 9.17) is 11.5 Å².